The predicted molar refractivity (Wildman–Crippen MR) is 546 cm³/mol. The van der Waals surface area contributed by atoms with E-state index in [9.17, 15) is 81.1 Å². The minimum atomic E-state index is -0.578. The van der Waals surface area contributed by atoms with Gasteiger partial charge < -0.3 is 29.5 Å². The topological polar surface area (TPSA) is 353 Å². The van der Waals surface area contributed by atoms with Gasteiger partial charge in [-0.2, -0.15) is 9.90 Å². The van der Waals surface area contributed by atoms with E-state index in [1.807, 2.05) is 131 Å². The first-order chi connectivity index (χ1) is 65.3. The van der Waals surface area contributed by atoms with Crippen LogP contribution in [0.2, 0.25) is 0 Å². The number of para-hydroxylation sites is 4. The highest BCUT2D eigenvalue weighted by Gasteiger charge is 2.39. The van der Waals surface area contributed by atoms with Gasteiger partial charge in [0.25, 0.3) is 0 Å². The number of ether oxygens (including phenoxy) is 2. The summed E-state index contributed by atoms with van der Waals surface area (Å²) in [4.78, 5) is 198. The van der Waals surface area contributed by atoms with Crippen LogP contribution in [-0.4, -0.2) is 186 Å². The second-order valence-corrected chi connectivity index (χ2v) is 40.8. The Kier molecular flexibility index (Phi) is 37.4. The van der Waals surface area contributed by atoms with Gasteiger partial charge in [-0.1, -0.05) is 58.4 Å². The molecule has 4 saturated carbocycles. The monoisotopic (exact) mass is 2080 g/mol. The van der Waals surface area contributed by atoms with Crippen molar-refractivity contribution >= 4 is 175 Å². The van der Waals surface area contributed by atoms with Gasteiger partial charge >= 0.3 is 34.9 Å². The molecule has 18 rings (SSSR count). The van der Waals surface area contributed by atoms with Gasteiger partial charge in [0.2, 0.25) is 0 Å². The van der Waals surface area contributed by atoms with E-state index in [1.54, 1.807) is 60.5 Å². The average Bonchev–Trinajstić information content (AvgIpc) is 1.61. The first kappa shape index (κ1) is 108. The molecule has 10 aromatic rings. The number of ketones is 8. The van der Waals surface area contributed by atoms with Crippen LogP contribution in [0.3, 0.4) is 0 Å². The molecule has 2 amide bonds. The summed E-state index contributed by atoms with van der Waals surface area (Å²) in [5, 5.41) is 4.43. The number of nitrogens with one attached hydrogen (secondary N) is 1. The second-order valence-electron chi connectivity index (χ2n) is 39.3. The molecule has 0 radical (unpaired) electrons. The maximum atomic E-state index is 13.2. The molecule has 4 aromatic heterocycles. The van der Waals surface area contributed by atoms with Gasteiger partial charge in [0.1, 0.15) is 52.7 Å². The number of imidazole rings is 4. The lowest BCUT2D eigenvalue weighted by molar-refractivity contribution is -0.133. The summed E-state index contributed by atoms with van der Waals surface area (Å²) in [5.41, 5.74) is 10.5. The van der Waals surface area contributed by atoms with E-state index in [4.69, 9.17) is 9.47 Å². The van der Waals surface area contributed by atoms with E-state index in [-0.39, 0.29) is 141 Å². The molecule has 4 aliphatic heterocycles. The Hall–Kier alpha value is -11.0. The molecule has 30 nitrogen and oxygen atoms in total. The fourth-order valence-corrected chi connectivity index (χ4v) is 21.4. The molecule has 8 aliphatic rings. The number of carbonyl (C=O) groups is 12. The molecule has 5 unspecified atom stereocenters. The fraction of sp³-hybridized carbons (Fsp3) is 0.500. The predicted octanol–water partition coefficient (Wildman–Crippen LogP) is 15.7. The molecular formula is C104H129Br2ClFN12O18P. The van der Waals surface area contributed by atoms with Crippen LogP contribution in [0.15, 0.2) is 145 Å². The maximum absolute atomic E-state index is 13.2. The number of aryl methyl sites for hydroxylation is 4. The number of hydrogen-bond donors (Lipinski definition) is 1. The van der Waals surface area contributed by atoms with E-state index < -0.39 is 29.8 Å². The number of carbonyl (C=O) groups excluding carboxylic acids is 12. The van der Waals surface area contributed by atoms with Crippen LogP contribution in [0.5, 0.6) is 0 Å². The van der Waals surface area contributed by atoms with E-state index in [0.29, 0.717) is 106 Å². The van der Waals surface area contributed by atoms with Crippen molar-refractivity contribution in [2.24, 2.45) is 51.9 Å². The number of fused-ring (bicyclic) bond motifs is 4. The standard InChI is InChI=1S/C27H29N3O4.C25H33N3O5.C20H25N3O3.C14H13BrN2O3.C11H20BrNO2.C7H5FO.ClH.H3P/c1-28-26-20(15-18-11-13-29(14-12-18)21-7-5-19(17-31)6-8-21)3-2-4-24(26)30(27(28)34)23-10-9-22(32)16-25(23)33;1-25(2,3)33-24(32)27-12-10-16(11-13-27)14-17-6-5-7-20-22(17)26(4)23(31)28(20)19-9-8-18(29)15-21(19)30;1-22-19-14(11-13-7-9-21-10-8-13)3-2-4-17(19)23(20(22)26)16-6-5-15(24)12-18(16)25;1-16-13-9(15)3-2-4-11(13)17(14(16)20)10-6-5-8(18)7-12(10)19;1-11(2,3)15-10(14)13-6-4-9(8-12)5-7-13;8-7-3-1-6(5-9)2-4-7;;/h2-8,17-18,23H,9-16H2,1H3;5-7,16,19H,8-15H2,1-4H3;2-4,13,16,21H,5-12H2,1H3;2-4,10H,5-7H2,1H3;9H,4-8H2,1-3H3;1-5H;1H;1H3. The SMILES string of the molecule is CC(C)(C)OC(=O)N1CCC(CBr)CC1.Cl.Cn1c(=O)n(C2CCC(=O)CC2=O)c2cccc(Br)c21.Cn1c(=O)n(C2CCC(=O)CC2=O)c2cccc(CC3CCN(C(=O)OC(C)(C)C)CC3)c21.Cn1c(=O)n(C2CCC(=O)CC2=O)c2cccc(CC3CCN(c4ccc(C=O)cc4)CC3)c21.Cn1c(=O)n(C2CCC(=O)CC2=O)c2cccc(CC3CCNCC3)c21.O=Cc1ccc(F)cc1.P. The Balaban J connectivity index is 0.000000166. The number of amides is 2. The number of benzene rings is 6. The first-order valence-electron chi connectivity index (χ1n) is 47.7. The minimum Gasteiger partial charge on any atom is -0.444 e. The number of rotatable bonds is 14. The van der Waals surface area contributed by atoms with Crippen LogP contribution in [0.25, 0.3) is 44.1 Å². The van der Waals surface area contributed by atoms with Crippen LogP contribution in [0.1, 0.15) is 232 Å². The van der Waals surface area contributed by atoms with Gasteiger partial charge in [0, 0.05) is 120 Å². The number of alkyl halides is 1. The summed E-state index contributed by atoms with van der Waals surface area (Å²) in [5.74, 6) is 1.10. The zero-order valence-electron chi connectivity index (χ0n) is 81.0. The Morgan fingerprint density at radius 3 is 0.993 bits per heavy atom. The number of nitrogens with zero attached hydrogens (tertiary/aromatic N) is 11. The van der Waals surface area contributed by atoms with Crippen molar-refractivity contribution in [1.29, 1.82) is 0 Å². The lowest BCUT2D eigenvalue weighted by Crippen LogP contribution is -2.42. The number of piperidine rings is 4. The molecule has 0 bridgehead atoms. The molecule has 139 heavy (non-hydrogen) atoms. The molecule has 4 aliphatic carbocycles. The van der Waals surface area contributed by atoms with Gasteiger partial charge in [-0.05, 0) is 286 Å². The van der Waals surface area contributed by atoms with Gasteiger partial charge in [-0.15, -0.1) is 12.4 Å². The highest BCUT2D eigenvalue weighted by atomic mass is 79.9. The highest BCUT2D eigenvalue weighted by molar-refractivity contribution is 9.10. The summed E-state index contributed by atoms with van der Waals surface area (Å²) < 4.78 is 36.6. The number of hydrogen-bond acceptors (Lipinski definition) is 20. The third-order valence-corrected chi connectivity index (χ3v) is 28.9. The maximum Gasteiger partial charge on any atom is 0.410 e. The Morgan fingerprint density at radius 2 is 0.683 bits per heavy atom. The molecule has 0 spiro atoms. The molecule has 35 heteroatoms. The summed E-state index contributed by atoms with van der Waals surface area (Å²) >= 11 is 6.91. The summed E-state index contributed by atoms with van der Waals surface area (Å²) in [6, 6.07) is 34.2. The minimum absolute atomic E-state index is 0. The molecular weight excluding hydrogens is 1950 g/mol. The number of likely N-dealkylation sites (tertiary alicyclic amines) is 2. The molecule has 6 aromatic carbocycles. The van der Waals surface area contributed by atoms with Crippen LogP contribution in [0.4, 0.5) is 19.7 Å². The molecule has 746 valence electrons. The number of aromatic nitrogens is 8. The van der Waals surface area contributed by atoms with E-state index in [1.165, 1.54) is 39.0 Å². The van der Waals surface area contributed by atoms with Gasteiger partial charge in [-0.3, -0.25) is 84.5 Å². The molecule has 8 fully saturated rings. The zero-order valence-corrected chi connectivity index (χ0v) is 86.4. The van der Waals surface area contributed by atoms with Gasteiger partial charge in [0.05, 0.1) is 94.0 Å². The number of aldehydes is 2. The zero-order chi connectivity index (χ0) is 98.6. The molecule has 8 heterocycles. The number of Topliss-reactive ketones (excluding diaryl/α,β-unsaturated/α-hetero) is 8. The number of halogens is 4. The first-order valence-corrected chi connectivity index (χ1v) is 49.6. The van der Waals surface area contributed by atoms with Crippen molar-refractivity contribution in [3.05, 3.63) is 201 Å². The summed E-state index contributed by atoms with van der Waals surface area (Å²) in [7, 11) is 6.98. The van der Waals surface area contributed by atoms with Crippen LogP contribution >= 0.6 is 54.2 Å². The lowest BCUT2D eigenvalue weighted by atomic mass is 9.89. The van der Waals surface area contributed by atoms with E-state index in [0.717, 1.165) is 187 Å². The fourth-order valence-electron chi connectivity index (χ4n) is 20.1. The number of anilines is 1. The van der Waals surface area contributed by atoms with Crippen molar-refractivity contribution in [3.8, 4) is 0 Å². The molecule has 5 atom stereocenters. The quantitative estimate of drug-likeness (QED) is 0.0457. The summed E-state index contributed by atoms with van der Waals surface area (Å²) in [6.45, 7) is 18.3. The van der Waals surface area contributed by atoms with Crippen molar-refractivity contribution in [2.45, 2.75) is 225 Å². The Morgan fingerprint density at radius 1 is 0.396 bits per heavy atom. The Bertz CT molecular complexity index is 6460. The van der Waals surface area contributed by atoms with Crippen LogP contribution in [-0.2, 0) is 95.3 Å². The molecule has 1 N–H and O–H groups in total. The van der Waals surface area contributed by atoms with Gasteiger partial charge in [-0.25, -0.2) is 33.2 Å². The smallest absolute Gasteiger partial charge is 0.410 e. The van der Waals surface area contributed by atoms with Crippen LogP contribution in [0, 0.1) is 29.5 Å². The highest BCUT2D eigenvalue weighted by Crippen LogP contribution is 2.37. The largest absolute Gasteiger partial charge is 0.444 e. The van der Waals surface area contributed by atoms with Crippen molar-refractivity contribution in [3.63, 3.8) is 0 Å². The normalized spacial score (nSPS) is 19.3. The summed E-state index contributed by atoms with van der Waals surface area (Å²) in [6.07, 6.45) is 14.7. The average molecular weight is 2080 g/mol. The van der Waals surface area contributed by atoms with Crippen molar-refractivity contribution in [2.75, 3.05) is 62.6 Å². The second kappa shape index (κ2) is 48.0. The lowest BCUT2D eigenvalue weighted by Gasteiger charge is -2.34. The Labute approximate surface area is 833 Å². The third kappa shape index (κ3) is 26.2. The van der Waals surface area contributed by atoms with E-state index in [2.05, 4.69) is 54.2 Å². The van der Waals surface area contributed by atoms with Crippen molar-refractivity contribution in [1.82, 2.24) is 51.7 Å². The third-order valence-electron chi connectivity index (χ3n) is 27.4. The van der Waals surface area contributed by atoms with Crippen LogP contribution < -0.4 is 33.0 Å². The van der Waals surface area contributed by atoms with Gasteiger partial charge in [0.15, 0.2) is 23.1 Å². The molecule has 4 saturated heterocycles. The van der Waals surface area contributed by atoms with Crippen molar-refractivity contribution < 1.29 is 71.4 Å². The van der Waals surface area contributed by atoms with E-state index >= 15 is 0 Å².